The first kappa shape index (κ1) is 17.0. The van der Waals surface area contributed by atoms with E-state index in [9.17, 15) is 5.11 Å². The molecule has 144 valence electrons. The molecule has 4 aromatic heterocycles. The lowest BCUT2D eigenvalue weighted by Crippen LogP contribution is -2.28. The Morgan fingerprint density at radius 1 is 1.18 bits per heavy atom. The summed E-state index contributed by atoms with van der Waals surface area (Å²) in [6, 6.07) is 6.28. The van der Waals surface area contributed by atoms with E-state index in [2.05, 4.69) is 20.3 Å². The van der Waals surface area contributed by atoms with Gasteiger partial charge < -0.3 is 20.1 Å². The van der Waals surface area contributed by atoms with E-state index in [1.807, 2.05) is 28.9 Å². The number of hydrogen-bond donors (Lipinski definition) is 3. The molecule has 0 saturated heterocycles. The monoisotopic (exact) mass is 378 g/mol. The third-order valence-electron chi connectivity index (χ3n) is 5.41. The lowest BCUT2D eigenvalue weighted by atomic mass is 9.93. The average Bonchev–Trinajstić information content (AvgIpc) is 3.33. The van der Waals surface area contributed by atoms with Crippen LogP contribution < -0.4 is 10.1 Å². The van der Waals surface area contributed by atoms with Gasteiger partial charge in [-0.1, -0.05) is 0 Å². The molecule has 3 N–H and O–H groups in total. The number of fused-ring (bicyclic) bond motifs is 2. The number of aromatic nitrogens is 5. The van der Waals surface area contributed by atoms with Gasteiger partial charge in [0, 0.05) is 17.6 Å². The van der Waals surface area contributed by atoms with E-state index in [1.54, 1.807) is 19.5 Å². The number of aliphatic hydroxyl groups is 1. The molecule has 1 aliphatic carbocycles. The molecule has 28 heavy (non-hydrogen) atoms. The molecule has 0 amide bonds. The molecule has 1 saturated carbocycles. The standard InChI is InChI=1S/C20H22N6O2/c1-28-17-11-21-9-12-8-15(24-20(12)17)16-10-22-19-7-6-18(25-26(16)19)23-13-2-4-14(27)5-3-13/h6-11,13-14,24,27H,2-5H2,1H3,(H,23,25). The number of ether oxygens (including phenoxy) is 1. The van der Waals surface area contributed by atoms with Crippen molar-refractivity contribution in [3.8, 4) is 17.1 Å². The summed E-state index contributed by atoms with van der Waals surface area (Å²) >= 11 is 0. The van der Waals surface area contributed by atoms with Gasteiger partial charge in [0.2, 0.25) is 0 Å². The van der Waals surface area contributed by atoms with Gasteiger partial charge in [-0.05, 0) is 43.9 Å². The molecule has 1 aliphatic rings. The minimum atomic E-state index is -0.165. The maximum atomic E-state index is 9.69. The molecule has 0 aliphatic heterocycles. The van der Waals surface area contributed by atoms with Crippen molar-refractivity contribution in [1.82, 2.24) is 24.6 Å². The number of pyridine rings is 1. The first-order valence-electron chi connectivity index (χ1n) is 9.52. The van der Waals surface area contributed by atoms with Crippen molar-refractivity contribution in [1.29, 1.82) is 0 Å². The van der Waals surface area contributed by atoms with Crippen LogP contribution in [0.25, 0.3) is 27.9 Å². The van der Waals surface area contributed by atoms with Crippen LogP contribution in [0.1, 0.15) is 25.7 Å². The predicted octanol–water partition coefficient (Wildman–Crippen LogP) is 3.00. The highest BCUT2D eigenvalue weighted by Crippen LogP contribution is 2.29. The van der Waals surface area contributed by atoms with E-state index < -0.39 is 0 Å². The molecular weight excluding hydrogens is 356 g/mol. The van der Waals surface area contributed by atoms with E-state index in [-0.39, 0.29) is 6.10 Å². The zero-order valence-corrected chi connectivity index (χ0v) is 15.6. The first-order chi connectivity index (χ1) is 13.7. The number of nitrogens with zero attached hydrogens (tertiary/aromatic N) is 4. The van der Waals surface area contributed by atoms with Gasteiger partial charge in [0.05, 0.1) is 36.8 Å². The Balaban J connectivity index is 1.50. The lowest BCUT2D eigenvalue weighted by molar-refractivity contribution is 0.126. The molecule has 0 radical (unpaired) electrons. The van der Waals surface area contributed by atoms with Crippen LogP contribution in [0, 0.1) is 0 Å². The second kappa shape index (κ2) is 6.79. The highest BCUT2D eigenvalue weighted by Gasteiger charge is 2.20. The Bertz CT molecular complexity index is 1130. The first-order valence-corrected chi connectivity index (χ1v) is 9.52. The topological polar surface area (TPSA) is 100 Å². The van der Waals surface area contributed by atoms with Gasteiger partial charge in [0.25, 0.3) is 0 Å². The third kappa shape index (κ3) is 2.95. The molecule has 1 fully saturated rings. The Kier molecular flexibility index (Phi) is 4.12. The summed E-state index contributed by atoms with van der Waals surface area (Å²) < 4.78 is 7.24. The van der Waals surface area contributed by atoms with Crippen molar-refractivity contribution in [2.24, 2.45) is 0 Å². The largest absolute Gasteiger partial charge is 0.493 e. The van der Waals surface area contributed by atoms with Gasteiger partial charge in [-0.3, -0.25) is 4.98 Å². The number of anilines is 1. The molecule has 8 nitrogen and oxygen atoms in total. The number of hydrogen-bond acceptors (Lipinski definition) is 6. The zero-order valence-electron chi connectivity index (χ0n) is 15.6. The summed E-state index contributed by atoms with van der Waals surface area (Å²) in [4.78, 5) is 12.1. The van der Waals surface area contributed by atoms with Crippen molar-refractivity contribution < 1.29 is 9.84 Å². The van der Waals surface area contributed by atoms with Crippen LogP contribution in [0.15, 0.2) is 36.8 Å². The second-order valence-corrected chi connectivity index (χ2v) is 7.27. The number of rotatable bonds is 4. The summed E-state index contributed by atoms with van der Waals surface area (Å²) in [6.45, 7) is 0. The number of H-pyrrole nitrogens is 1. The SMILES string of the molecule is COc1cncc2cc(-c3cnc4ccc(NC5CCC(O)CC5)nn34)[nH]c12. The maximum Gasteiger partial charge on any atom is 0.161 e. The van der Waals surface area contributed by atoms with Gasteiger partial charge in [0.15, 0.2) is 11.4 Å². The van der Waals surface area contributed by atoms with Crippen LogP contribution in [0.5, 0.6) is 5.75 Å². The van der Waals surface area contributed by atoms with Crippen molar-refractivity contribution in [3.05, 3.63) is 36.8 Å². The lowest BCUT2D eigenvalue weighted by Gasteiger charge is -2.26. The fraction of sp³-hybridized carbons (Fsp3) is 0.350. The van der Waals surface area contributed by atoms with Crippen molar-refractivity contribution >= 4 is 22.4 Å². The predicted molar refractivity (Wildman–Crippen MR) is 107 cm³/mol. The summed E-state index contributed by atoms with van der Waals surface area (Å²) in [5.41, 5.74) is 3.45. The normalized spacial score (nSPS) is 19.9. The van der Waals surface area contributed by atoms with Crippen molar-refractivity contribution in [2.45, 2.75) is 37.8 Å². The van der Waals surface area contributed by atoms with Crippen LogP contribution in [0.2, 0.25) is 0 Å². The van der Waals surface area contributed by atoms with E-state index in [4.69, 9.17) is 9.84 Å². The van der Waals surface area contributed by atoms with Crippen LogP contribution >= 0.6 is 0 Å². The molecule has 8 heteroatoms. The maximum absolute atomic E-state index is 9.69. The van der Waals surface area contributed by atoms with Gasteiger partial charge in [-0.2, -0.15) is 0 Å². The van der Waals surface area contributed by atoms with Crippen molar-refractivity contribution in [2.75, 3.05) is 12.4 Å². The fourth-order valence-corrected chi connectivity index (χ4v) is 3.88. The molecule has 4 aromatic rings. The molecule has 0 aromatic carbocycles. The van der Waals surface area contributed by atoms with Gasteiger partial charge in [-0.25, -0.2) is 9.50 Å². The molecule has 0 spiro atoms. The van der Waals surface area contributed by atoms with Gasteiger partial charge in [0.1, 0.15) is 11.5 Å². The van der Waals surface area contributed by atoms with Gasteiger partial charge >= 0.3 is 0 Å². The van der Waals surface area contributed by atoms with E-state index in [0.717, 1.165) is 59.4 Å². The van der Waals surface area contributed by atoms with E-state index in [0.29, 0.717) is 11.8 Å². The van der Waals surface area contributed by atoms with Gasteiger partial charge in [-0.15, -0.1) is 5.10 Å². The minimum absolute atomic E-state index is 0.165. The fourth-order valence-electron chi connectivity index (χ4n) is 3.88. The Hall–Kier alpha value is -3.13. The molecule has 0 atom stereocenters. The molecule has 5 rings (SSSR count). The Labute approximate surface area is 161 Å². The van der Waals surface area contributed by atoms with Crippen LogP contribution in [0.3, 0.4) is 0 Å². The second-order valence-electron chi connectivity index (χ2n) is 7.27. The highest BCUT2D eigenvalue weighted by molar-refractivity contribution is 5.89. The highest BCUT2D eigenvalue weighted by atomic mass is 16.5. The smallest absolute Gasteiger partial charge is 0.161 e. The summed E-state index contributed by atoms with van der Waals surface area (Å²) in [5.74, 6) is 1.51. The summed E-state index contributed by atoms with van der Waals surface area (Å²) in [7, 11) is 1.63. The molecule has 0 unspecified atom stereocenters. The van der Waals surface area contributed by atoms with Crippen LogP contribution in [0.4, 0.5) is 5.82 Å². The number of aromatic amines is 1. The summed E-state index contributed by atoms with van der Waals surface area (Å²) in [5, 5.41) is 18.9. The van der Waals surface area contributed by atoms with E-state index in [1.165, 1.54) is 0 Å². The van der Waals surface area contributed by atoms with Crippen LogP contribution in [-0.2, 0) is 0 Å². The van der Waals surface area contributed by atoms with Crippen molar-refractivity contribution in [3.63, 3.8) is 0 Å². The van der Waals surface area contributed by atoms with Crippen LogP contribution in [-0.4, -0.2) is 48.9 Å². The van der Waals surface area contributed by atoms with E-state index >= 15 is 0 Å². The average molecular weight is 378 g/mol. The number of imidazole rings is 1. The molecular formula is C20H22N6O2. The molecule has 4 heterocycles. The zero-order chi connectivity index (χ0) is 19.1. The summed E-state index contributed by atoms with van der Waals surface area (Å²) in [6.07, 6.45) is 8.72. The minimum Gasteiger partial charge on any atom is -0.493 e. The Morgan fingerprint density at radius 2 is 2.04 bits per heavy atom. The number of aliphatic hydroxyl groups excluding tert-OH is 1. The number of nitrogens with one attached hydrogen (secondary N) is 2. The number of methoxy groups -OCH3 is 1. The quantitative estimate of drug-likeness (QED) is 0.505. The third-order valence-corrected chi connectivity index (χ3v) is 5.41. The molecule has 0 bridgehead atoms. The Morgan fingerprint density at radius 3 is 2.86 bits per heavy atom.